The van der Waals surface area contributed by atoms with Crippen LogP contribution in [0.5, 0.6) is 0 Å². The van der Waals surface area contributed by atoms with Gasteiger partial charge < -0.3 is 81.5 Å². The molecule has 4 aliphatic heterocycles. The number of imide groups is 1. The Balaban J connectivity index is 0.759. The Morgan fingerprint density at radius 3 is 2.27 bits per heavy atom. The van der Waals surface area contributed by atoms with E-state index in [1.807, 2.05) is 0 Å². The molecule has 9 rings (SSSR count). The molecule has 1 fully saturated rings. The van der Waals surface area contributed by atoms with Crippen LogP contribution in [0.15, 0.2) is 59.4 Å². The first kappa shape index (κ1) is 70.4. The zero-order valence-electron chi connectivity index (χ0n) is 52.6. The molecule has 0 radical (unpaired) electrons. The van der Waals surface area contributed by atoms with Gasteiger partial charge in [0.05, 0.1) is 61.8 Å². The normalized spacial score (nSPS) is 21.4. The van der Waals surface area contributed by atoms with Crippen LogP contribution in [0.2, 0.25) is 0 Å². The Labute approximate surface area is 543 Å². The standard InChI is InChI=1S/C65H79FN10O19/c1-3-65(92)40-24-45-57-38(28-76(45)63(90)39(40)32-94-64(65)91)55-36(15-16-37-34(2)41(66)25-43(73-57)56(37)55)13-10-22-93-33-70-49(79)26-69-62(89)44(23-35-11-6-4-7-12-35)72-50(80)27-68-51(81)30-74(29-46-58(85)60(87)59(86)47(31-77)95-46)52(82)18-17-42(61(67)88)71-48(78)14-8-5-9-21-75-53(83)19-20-54(75)84/h4,6-7,11-12,19-20,24-25,36,42,44,46-47,58-60,77,85-87,92H,3,5,8-10,13-18,21-23,26-33H2,1-2H3,(H2,67,88)(H,68,81)(H,69,89)(H,70,79)(H,71,78)(H,72,80)/t36?,42-,44-,46-,47+,58-,59+,60+,65-/m0/s1. The summed E-state index contributed by atoms with van der Waals surface area (Å²) in [5, 5.41) is 66.3. The van der Waals surface area contributed by atoms with Gasteiger partial charge in [0.25, 0.3) is 17.4 Å². The number of ether oxygens (including phenoxy) is 3. The average molecular weight is 1320 g/mol. The molecule has 2 aromatic carbocycles. The van der Waals surface area contributed by atoms with E-state index in [0.717, 1.165) is 44.0 Å². The minimum atomic E-state index is -2.03. The molecule has 0 spiro atoms. The van der Waals surface area contributed by atoms with E-state index >= 15 is 4.39 Å². The van der Waals surface area contributed by atoms with E-state index in [-0.39, 0.29) is 75.8 Å². The number of carbonyl (C=O) groups is 10. The number of aromatic nitrogens is 2. The largest absolute Gasteiger partial charge is 0.458 e. The highest BCUT2D eigenvalue weighted by molar-refractivity contribution is 6.12. The topological polar surface area (TPSA) is 427 Å². The SMILES string of the molecule is CC[C@@]1(O)C(=O)OCc2c1cc1n(c2=O)Cc2c-1nc1cc(F)c(C)c3c1c2C(CCCOCNC(=O)CNC(=O)[C@H](Cc1ccccc1)NC(=O)CNC(=O)CN(C[C@@H]1O[C@H](CO)[C@@H](O)[C@H](O)[C@H]1O)C(=O)CC[C@H](NC(=O)CCCCCN1C(=O)C=CC1=O)C(N)=O)CC3. The molecule has 5 aliphatic rings. The summed E-state index contributed by atoms with van der Waals surface area (Å²) in [5.74, 6) is -7.84. The van der Waals surface area contributed by atoms with Crippen molar-refractivity contribution in [2.24, 2.45) is 5.73 Å². The van der Waals surface area contributed by atoms with Crippen molar-refractivity contribution in [1.82, 2.24) is 45.9 Å². The minimum absolute atomic E-state index is 0.0296. The van der Waals surface area contributed by atoms with Crippen molar-refractivity contribution in [2.45, 2.75) is 158 Å². The number of nitrogens with zero attached hydrogens (tertiary/aromatic N) is 4. The summed E-state index contributed by atoms with van der Waals surface area (Å²) in [5.41, 5.74) is 8.50. The van der Waals surface area contributed by atoms with Crippen LogP contribution < -0.4 is 37.9 Å². The number of aryl methyl sites for hydroxylation is 1. The summed E-state index contributed by atoms with van der Waals surface area (Å²) in [6.07, 6.45) is -3.49. The molecule has 95 heavy (non-hydrogen) atoms. The van der Waals surface area contributed by atoms with Crippen molar-refractivity contribution in [3.63, 3.8) is 0 Å². The number of benzene rings is 2. The number of unbranched alkanes of at least 4 members (excludes halogenated alkanes) is 2. The monoisotopic (exact) mass is 1320 g/mol. The van der Waals surface area contributed by atoms with E-state index in [1.54, 1.807) is 54.8 Å². The molecule has 1 saturated heterocycles. The number of nitrogens with one attached hydrogen (secondary N) is 5. The molecule has 0 bridgehead atoms. The lowest BCUT2D eigenvalue weighted by atomic mass is 9.76. The van der Waals surface area contributed by atoms with Crippen LogP contribution in [0.25, 0.3) is 22.3 Å². The van der Waals surface area contributed by atoms with Gasteiger partial charge in [-0.2, -0.15) is 0 Å². The van der Waals surface area contributed by atoms with Crippen LogP contribution in [0.3, 0.4) is 0 Å². The number of nitrogens with two attached hydrogens (primary N) is 1. The maximum Gasteiger partial charge on any atom is 0.343 e. The number of hydrogen-bond acceptors (Lipinski definition) is 20. The maximum absolute atomic E-state index is 15.5. The molecule has 510 valence electrons. The Bertz CT molecular complexity index is 3720. The Hall–Kier alpha value is -8.91. The van der Waals surface area contributed by atoms with Crippen molar-refractivity contribution >= 4 is 70.0 Å². The third kappa shape index (κ3) is 16.1. The van der Waals surface area contributed by atoms with Gasteiger partial charge >= 0.3 is 5.97 Å². The molecule has 4 aromatic rings. The Kier molecular flexibility index (Phi) is 23.1. The van der Waals surface area contributed by atoms with Crippen LogP contribution in [0, 0.1) is 12.7 Å². The van der Waals surface area contributed by atoms with Gasteiger partial charge in [-0.3, -0.25) is 52.8 Å². The van der Waals surface area contributed by atoms with Crippen molar-refractivity contribution in [2.75, 3.05) is 52.7 Å². The Morgan fingerprint density at radius 2 is 1.56 bits per heavy atom. The highest BCUT2D eigenvalue weighted by atomic mass is 19.1. The third-order valence-corrected chi connectivity index (χ3v) is 18.1. The number of aliphatic hydroxyl groups excluding tert-OH is 4. The summed E-state index contributed by atoms with van der Waals surface area (Å²) in [6.45, 7) is -0.169. The van der Waals surface area contributed by atoms with Gasteiger partial charge in [-0.25, -0.2) is 14.2 Å². The summed E-state index contributed by atoms with van der Waals surface area (Å²) >= 11 is 0. The number of carbonyl (C=O) groups excluding carboxylic acids is 10. The van der Waals surface area contributed by atoms with Gasteiger partial charge in [0, 0.05) is 67.1 Å². The van der Waals surface area contributed by atoms with Crippen molar-refractivity contribution < 1.29 is 92.1 Å². The van der Waals surface area contributed by atoms with E-state index in [1.165, 1.54) is 6.07 Å². The molecule has 9 amide bonds. The summed E-state index contributed by atoms with van der Waals surface area (Å²) in [4.78, 5) is 150. The minimum Gasteiger partial charge on any atom is -0.458 e. The van der Waals surface area contributed by atoms with Crippen molar-refractivity contribution in [3.8, 4) is 11.4 Å². The first-order valence-corrected chi connectivity index (χ1v) is 31.7. The van der Waals surface area contributed by atoms with E-state index in [4.69, 9.17) is 24.9 Å². The molecule has 2 aromatic heterocycles. The summed E-state index contributed by atoms with van der Waals surface area (Å²) in [7, 11) is 0. The van der Waals surface area contributed by atoms with E-state index in [0.29, 0.717) is 73.0 Å². The highest BCUT2D eigenvalue weighted by Crippen LogP contribution is 2.48. The smallest absolute Gasteiger partial charge is 0.343 e. The van der Waals surface area contributed by atoms with Crippen molar-refractivity contribution in [1.29, 1.82) is 0 Å². The predicted molar refractivity (Wildman–Crippen MR) is 332 cm³/mol. The Morgan fingerprint density at radius 1 is 0.842 bits per heavy atom. The molecule has 1 aliphatic carbocycles. The summed E-state index contributed by atoms with van der Waals surface area (Å²) < 4.78 is 33.7. The fourth-order valence-electron chi connectivity index (χ4n) is 12.8. The predicted octanol–water partition coefficient (Wildman–Crippen LogP) is -1.71. The van der Waals surface area contributed by atoms with Gasteiger partial charge in [-0.1, -0.05) is 43.7 Å². The molecular formula is C65H79FN10O19. The average Bonchev–Trinajstić information content (AvgIpc) is 1.63. The third-order valence-electron chi connectivity index (χ3n) is 18.1. The number of halogens is 1. The van der Waals surface area contributed by atoms with Gasteiger partial charge in [0.1, 0.15) is 61.8 Å². The number of cyclic esters (lactones) is 1. The number of pyridine rings is 2. The fraction of sp³-hybridized carbons (Fsp3) is 0.508. The van der Waals surface area contributed by atoms with E-state index in [9.17, 15) is 78.3 Å². The fourth-order valence-corrected chi connectivity index (χ4v) is 12.8. The molecule has 6 heterocycles. The van der Waals surface area contributed by atoms with Crippen LogP contribution >= 0.6 is 0 Å². The lowest BCUT2D eigenvalue weighted by Crippen LogP contribution is -2.61. The van der Waals surface area contributed by atoms with Gasteiger partial charge in [-0.15, -0.1) is 0 Å². The first-order chi connectivity index (χ1) is 45.4. The molecule has 0 saturated carbocycles. The van der Waals surface area contributed by atoms with Gasteiger partial charge in [0.2, 0.25) is 41.4 Å². The zero-order valence-corrected chi connectivity index (χ0v) is 52.6. The second-order valence-electron chi connectivity index (χ2n) is 24.3. The number of fused-ring (bicyclic) bond motifs is 5. The molecule has 29 nitrogen and oxygen atoms in total. The van der Waals surface area contributed by atoms with Gasteiger partial charge in [-0.05, 0) is 92.5 Å². The molecule has 9 atom stereocenters. The quantitative estimate of drug-likeness (QED) is 0.0102. The number of esters is 1. The van der Waals surface area contributed by atoms with Crippen LogP contribution in [0.1, 0.15) is 116 Å². The zero-order chi connectivity index (χ0) is 68.4. The number of aliphatic hydroxyl groups is 5. The number of hydrogen-bond donors (Lipinski definition) is 11. The first-order valence-electron chi connectivity index (χ1n) is 31.7. The number of amides is 9. The second-order valence-corrected chi connectivity index (χ2v) is 24.3. The van der Waals surface area contributed by atoms with Crippen LogP contribution in [-0.2, 0) is 93.8 Å². The van der Waals surface area contributed by atoms with Crippen LogP contribution in [-0.4, -0.2) is 199 Å². The van der Waals surface area contributed by atoms with E-state index in [2.05, 4.69) is 26.6 Å². The van der Waals surface area contributed by atoms with E-state index < -0.39 is 158 Å². The molecular weight excluding hydrogens is 1240 g/mol. The molecule has 30 heteroatoms. The number of rotatable bonds is 31. The maximum atomic E-state index is 15.5. The lowest BCUT2D eigenvalue weighted by Gasteiger charge is -2.41. The molecule has 1 unspecified atom stereocenters. The van der Waals surface area contributed by atoms with Gasteiger partial charge in [0.15, 0.2) is 5.60 Å². The summed E-state index contributed by atoms with van der Waals surface area (Å²) in [6, 6.07) is 8.93. The second kappa shape index (κ2) is 31.1. The van der Waals surface area contributed by atoms with Crippen molar-refractivity contribution in [3.05, 3.63) is 110 Å². The molecule has 12 N–H and O–H groups in total. The highest BCUT2D eigenvalue weighted by Gasteiger charge is 2.47. The van der Waals surface area contributed by atoms with Crippen LogP contribution in [0.4, 0.5) is 4.39 Å². The number of primary amides is 1. The lowest BCUT2D eigenvalue weighted by molar-refractivity contribution is -0.232.